The molecular formula is C25H28N8Na4O14S4. The van der Waals surface area contributed by atoms with E-state index >= 15 is 0 Å². The van der Waals surface area contributed by atoms with Crippen LogP contribution in [-0.4, -0.2) is 224 Å². The van der Waals surface area contributed by atoms with Crippen LogP contribution < -0.4 is 25.4 Å². The first-order valence-electron chi connectivity index (χ1n) is 13.8. The van der Waals surface area contributed by atoms with Crippen LogP contribution in [0.3, 0.4) is 0 Å². The number of rotatable bonds is 16. The molecule has 7 N–H and O–H groups in total. The van der Waals surface area contributed by atoms with Crippen LogP contribution in [0, 0.1) is 0 Å². The molecule has 55 heavy (non-hydrogen) atoms. The van der Waals surface area contributed by atoms with E-state index in [2.05, 4.69) is 41.1 Å². The van der Waals surface area contributed by atoms with E-state index in [1.165, 1.54) is 38.5 Å². The first kappa shape index (κ1) is 54.2. The van der Waals surface area contributed by atoms with Gasteiger partial charge in [0, 0.05) is 154 Å². The summed E-state index contributed by atoms with van der Waals surface area (Å²) in [5, 5.41) is 15.5. The maximum Gasteiger partial charge on any atom is 0.295 e. The molecule has 0 aliphatic rings. The topological polar surface area (TPSA) is 335 Å². The van der Waals surface area contributed by atoms with Crippen molar-refractivity contribution in [3.05, 3.63) is 42.5 Å². The van der Waals surface area contributed by atoms with Gasteiger partial charge in [-0.1, -0.05) is 12.1 Å². The Morgan fingerprint density at radius 2 is 1.13 bits per heavy atom. The van der Waals surface area contributed by atoms with E-state index in [1.54, 1.807) is 0 Å². The van der Waals surface area contributed by atoms with Crippen LogP contribution in [0.15, 0.2) is 62.5 Å². The second-order valence-corrected chi connectivity index (χ2v) is 16.0. The Morgan fingerprint density at radius 3 is 1.60 bits per heavy atom. The zero-order chi connectivity index (χ0) is 37.8. The predicted octanol–water partition coefficient (Wildman–Crippen LogP) is 0.771. The van der Waals surface area contributed by atoms with Crippen LogP contribution in [0.25, 0.3) is 10.8 Å². The third-order valence-corrected chi connectivity index (χ3v) is 9.65. The fourth-order valence-electron chi connectivity index (χ4n) is 4.27. The number of azo groups is 1. The molecular weight excluding hydrogens is 857 g/mol. The molecule has 0 unspecified atom stereocenters. The van der Waals surface area contributed by atoms with Crippen LogP contribution in [0.5, 0.6) is 11.5 Å². The minimum absolute atomic E-state index is 0. The molecule has 0 saturated carbocycles. The number of hydrogen-bond acceptors (Lipinski definition) is 18. The summed E-state index contributed by atoms with van der Waals surface area (Å²) in [7, 11) is -15.9. The fourth-order valence-corrected chi connectivity index (χ4v) is 6.41. The maximum atomic E-state index is 12.2. The Balaban J connectivity index is 0.00000729. The Kier molecular flexibility index (Phi) is 22.2. The van der Waals surface area contributed by atoms with Crippen molar-refractivity contribution < 1.29 is 61.4 Å². The average molecular weight is 885 g/mol. The first-order chi connectivity index (χ1) is 23.7. The second-order valence-electron chi connectivity index (χ2n) is 10.0. The number of anilines is 4. The van der Waals surface area contributed by atoms with Gasteiger partial charge in [-0.05, 0) is 18.2 Å². The molecule has 0 amide bonds. The van der Waals surface area contributed by atoms with Gasteiger partial charge in [0.1, 0.15) is 27.0 Å². The van der Waals surface area contributed by atoms with Crippen LogP contribution in [0.1, 0.15) is 0 Å². The van der Waals surface area contributed by atoms with Crippen molar-refractivity contribution in [2.45, 2.75) is 9.79 Å². The summed E-state index contributed by atoms with van der Waals surface area (Å²) >= 11 is 0. The quantitative estimate of drug-likeness (QED) is 0.0464. The van der Waals surface area contributed by atoms with Crippen LogP contribution in [0.2, 0.25) is 0 Å². The van der Waals surface area contributed by atoms with E-state index in [1.807, 2.05) is 0 Å². The Hall–Kier alpha value is -0.830. The molecule has 0 aliphatic carbocycles. The molecule has 0 spiro atoms. The number of fused-ring (bicyclic) bond motifs is 1. The largest absolute Gasteiger partial charge is 0.494 e. The smallest absolute Gasteiger partial charge is 0.295 e. The van der Waals surface area contributed by atoms with Gasteiger partial charge in [-0.15, -0.1) is 5.11 Å². The molecule has 280 valence electrons. The minimum Gasteiger partial charge on any atom is -0.494 e. The summed E-state index contributed by atoms with van der Waals surface area (Å²) in [6.07, 6.45) is 0. The molecule has 0 fully saturated rings. The second kappa shape index (κ2) is 22.5. The third-order valence-electron chi connectivity index (χ3n) is 6.40. The molecule has 1 aromatic heterocycles. The summed E-state index contributed by atoms with van der Waals surface area (Å²) in [5.41, 5.74) is -0.112. The molecule has 4 aromatic rings. The van der Waals surface area contributed by atoms with E-state index < -0.39 is 61.8 Å². The monoisotopic (exact) mass is 884 g/mol. The molecule has 4 radical (unpaired) electrons. The third kappa shape index (κ3) is 16.4. The van der Waals surface area contributed by atoms with Gasteiger partial charge in [0.2, 0.25) is 17.8 Å². The van der Waals surface area contributed by atoms with Crippen LogP contribution >= 0.6 is 0 Å². The van der Waals surface area contributed by atoms with Crippen LogP contribution in [-0.2, 0) is 40.5 Å². The number of ether oxygens (including phenoxy) is 2. The molecule has 0 saturated heterocycles. The van der Waals surface area contributed by atoms with Crippen molar-refractivity contribution >= 4 is 204 Å². The number of benzene rings is 3. The SMILES string of the molecule is COc1cc(Nc2nc(NCCS(=O)(=O)O)nc(NCCS(=O)(=O)O)n2)c(OC)cc1N=Nc1cc(S(=O)(=O)O)c2cccc(S(=O)(=O)O)c2c1.[Na].[Na].[Na].[Na]. The van der Waals surface area contributed by atoms with Crippen molar-refractivity contribution in [3.63, 3.8) is 0 Å². The minimum atomic E-state index is -4.92. The fraction of sp³-hybridized carbons (Fsp3) is 0.240. The van der Waals surface area contributed by atoms with Gasteiger partial charge in [0.15, 0.2) is 0 Å². The van der Waals surface area contributed by atoms with Gasteiger partial charge in [-0.2, -0.15) is 53.7 Å². The predicted molar refractivity (Wildman–Crippen MR) is 203 cm³/mol. The molecule has 0 aliphatic heterocycles. The summed E-state index contributed by atoms with van der Waals surface area (Å²) < 4.78 is 141. The van der Waals surface area contributed by atoms with E-state index in [4.69, 9.17) is 18.6 Å². The van der Waals surface area contributed by atoms with Crippen LogP contribution in [0.4, 0.5) is 34.9 Å². The first-order valence-corrected chi connectivity index (χ1v) is 19.9. The number of methoxy groups -OCH3 is 2. The molecule has 0 atom stereocenters. The molecule has 3 aromatic carbocycles. The summed E-state index contributed by atoms with van der Waals surface area (Å²) in [6, 6.07) is 8.14. The zero-order valence-corrected chi connectivity index (χ0v) is 41.4. The van der Waals surface area contributed by atoms with Gasteiger partial charge in [0.05, 0.1) is 37.1 Å². The molecule has 1 heterocycles. The van der Waals surface area contributed by atoms with Gasteiger partial charge >= 0.3 is 0 Å². The van der Waals surface area contributed by atoms with E-state index in [0.717, 1.165) is 18.2 Å². The van der Waals surface area contributed by atoms with Gasteiger partial charge in [0.25, 0.3) is 40.5 Å². The summed E-state index contributed by atoms with van der Waals surface area (Å²) in [5.74, 6) is -1.93. The van der Waals surface area contributed by atoms with E-state index in [0.29, 0.717) is 0 Å². The Labute approximate surface area is 404 Å². The normalized spacial score (nSPS) is 11.7. The average Bonchev–Trinajstić information content (AvgIpc) is 3.01. The Bertz CT molecular complexity index is 2410. The summed E-state index contributed by atoms with van der Waals surface area (Å²) in [4.78, 5) is 10.9. The molecule has 30 heteroatoms. The van der Waals surface area contributed by atoms with Gasteiger partial charge in [-0.25, -0.2) is 0 Å². The number of nitrogens with zero attached hydrogens (tertiary/aromatic N) is 5. The van der Waals surface area contributed by atoms with Crippen molar-refractivity contribution in [1.82, 2.24) is 15.0 Å². The van der Waals surface area contributed by atoms with Crippen molar-refractivity contribution in [1.29, 1.82) is 0 Å². The number of aromatic nitrogens is 3. The van der Waals surface area contributed by atoms with Gasteiger partial charge < -0.3 is 25.4 Å². The Morgan fingerprint density at radius 1 is 0.618 bits per heavy atom. The summed E-state index contributed by atoms with van der Waals surface area (Å²) in [6.45, 7) is -0.659. The maximum absolute atomic E-state index is 12.2. The van der Waals surface area contributed by atoms with E-state index in [-0.39, 0.29) is 188 Å². The van der Waals surface area contributed by atoms with Crippen molar-refractivity contribution in [2.75, 3.05) is 54.8 Å². The van der Waals surface area contributed by atoms with E-state index in [9.17, 15) is 42.8 Å². The van der Waals surface area contributed by atoms with Crippen molar-refractivity contribution in [3.8, 4) is 11.5 Å². The van der Waals surface area contributed by atoms with Crippen molar-refractivity contribution in [2.24, 2.45) is 10.2 Å². The molecule has 22 nitrogen and oxygen atoms in total. The molecule has 4 rings (SSSR count). The standard InChI is InChI=1S/C25H28N8O14S4.4Na/c1-46-19-13-18(33-32-14-10-16-15(22(11-14)51(43,44)45)4-3-5-21(16)50(40,41)42)20(47-2)12-17(19)28-25-30-23(26-6-8-48(34,35)36)29-24(31-25)27-7-9-49(37,38)39;;;;/h3-5,10-13H,6-9H2,1-2H3,(H,34,35,36)(H,37,38,39)(H,40,41,42)(H,43,44,45)(H3,26,27,28,29,30,31);;;;. The zero-order valence-electron chi connectivity index (χ0n) is 30.1. The number of nitrogens with one attached hydrogen (secondary N) is 3. The molecule has 0 bridgehead atoms. The number of hydrogen-bond donors (Lipinski definition) is 7. The van der Waals surface area contributed by atoms with Gasteiger partial charge in [-0.3, -0.25) is 18.2 Å².